The highest BCUT2D eigenvalue weighted by Crippen LogP contribution is 2.06. The molecular formula is C12H19N5. The SMILES string of the molecule is CCc1cc(Cn2ccc(CNC)n2)n(C)n1. The van der Waals surface area contributed by atoms with Gasteiger partial charge in [-0.25, -0.2) is 0 Å². The van der Waals surface area contributed by atoms with Gasteiger partial charge in [-0.15, -0.1) is 0 Å². The van der Waals surface area contributed by atoms with Crippen LogP contribution in [0.5, 0.6) is 0 Å². The van der Waals surface area contributed by atoms with Gasteiger partial charge < -0.3 is 5.32 Å². The molecule has 92 valence electrons. The van der Waals surface area contributed by atoms with Crippen LogP contribution in [0.2, 0.25) is 0 Å². The molecule has 2 aromatic heterocycles. The molecule has 0 radical (unpaired) electrons. The molecule has 2 rings (SSSR count). The van der Waals surface area contributed by atoms with E-state index >= 15 is 0 Å². The minimum absolute atomic E-state index is 0.771. The normalized spacial score (nSPS) is 11.0. The van der Waals surface area contributed by atoms with E-state index in [0.717, 1.165) is 30.9 Å². The predicted molar refractivity (Wildman–Crippen MR) is 66.7 cm³/mol. The van der Waals surface area contributed by atoms with Crippen LogP contribution in [0.4, 0.5) is 0 Å². The van der Waals surface area contributed by atoms with Crippen molar-refractivity contribution >= 4 is 0 Å². The number of aryl methyl sites for hydroxylation is 2. The fourth-order valence-corrected chi connectivity index (χ4v) is 1.83. The summed E-state index contributed by atoms with van der Waals surface area (Å²) >= 11 is 0. The van der Waals surface area contributed by atoms with Gasteiger partial charge in [0.05, 0.1) is 23.6 Å². The second kappa shape index (κ2) is 5.14. The van der Waals surface area contributed by atoms with Gasteiger partial charge in [-0.2, -0.15) is 10.2 Å². The molecule has 0 amide bonds. The Morgan fingerprint density at radius 2 is 2.12 bits per heavy atom. The van der Waals surface area contributed by atoms with Crippen molar-refractivity contribution in [3.05, 3.63) is 35.4 Å². The number of aromatic nitrogens is 4. The number of nitrogens with one attached hydrogen (secondary N) is 1. The summed E-state index contributed by atoms with van der Waals surface area (Å²) in [4.78, 5) is 0. The zero-order valence-electron chi connectivity index (χ0n) is 10.6. The Kier molecular flexibility index (Phi) is 3.58. The molecule has 2 aromatic rings. The molecule has 0 bridgehead atoms. The fourth-order valence-electron chi connectivity index (χ4n) is 1.83. The average molecular weight is 233 g/mol. The first-order valence-electron chi connectivity index (χ1n) is 5.91. The Balaban J connectivity index is 2.10. The Morgan fingerprint density at radius 1 is 1.29 bits per heavy atom. The highest BCUT2D eigenvalue weighted by atomic mass is 15.3. The molecule has 0 spiro atoms. The van der Waals surface area contributed by atoms with Crippen LogP contribution < -0.4 is 5.32 Å². The van der Waals surface area contributed by atoms with E-state index in [0.29, 0.717) is 0 Å². The maximum Gasteiger partial charge on any atom is 0.0828 e. The van der Waals surface area contributed by atoms with E-state index in [4.69, 9.17) is 0 Å². The zero-order valence-corrected chi connectivity index (χ0v) is 10.6. The molecule has 0 saturated carbocycles. The van der Waals surface area contributed by atoms with E-state index in [-0.39, 0.29) is 0 Å². The van der Waals surface area contributed by atoms with Crippen LogP contribution in [0.15, 0.2) is 18.3 Å². The largest absolute Gasteiger partial charge is 0.314 e. The van der Waals surface area contributed by atoms with Crippen LogP contribution in [0, 0.1) is 0 Å². The van der Waals surface area contributed by atoms with Gasteiger partial charge in [-0.1, -0.05) is 6.92 Å². The van der Waals surface area contributed by atoms with E-state index < -0.39 is 0 Å². The summed E-state index contributed by atoms with van der Waals surface area (Å²) in [6, 6.07) is 4.17. The average Bonchev–Trinajstić information content (AvgIpc) is 2.88. The van der Waals surface area contributed by atoms with Gasteiger partial charge in [0.1, 0.15) is 0 Å². The van der Waals surface area contributed by atoms with Crippen molar-refractivity contribution in [2.75, 3.05) is 7.05 Å². The highest BCUT2D eigenvalue weighted by Gasteiger charge is 2.05. The van der Waals surface area contributed by atoms with Crippen molar-refractivity contribution in [1.82, 2.24) is 24.9 Å². The van der Waals surface area contributed by atoms with E-state index in [9.17, 15) is 0 Å². The van der Waals surface area contributed by atoms with Gasteiger partial charge in [0.2, 0.25) is 0 Å². The predicted octanol–water partition coefficient (Wildman–Crippen LogP) is 0.947. The van der Waals surface area contributed by atoms with Crippen LogP contribution in [0.3, 0.4) is 0 Å². The molecular weight excluding hydrogens is 214 g/mol. The maximum atomic E-state index is 4.48. The summed E-state index contributed by atoms with van der Waals surface area (Å²) < 4.78 is 3.88. The van der Waals surface area contributed by atoms with Gasteiger partial charge in [-0.05, 0) is 25.6 Å². The van der Waals surface area contributed by atoms with Crippen molar-refractivity contribution < 1.29 is 0 Å². The third-order valence-electron chi connectivity index (χ3n) is 2.77. The summed E-state index contributed by atoms with van der Waals surface area (Å²) in [5.41, 5.74) is 3.37. The number of nitrogens with zero attached hydrogens (tertiary/aromatic N) is 4. The summed E-state index contributed by atoms with van der Waals surface area (Å²) in [7, 11) is 3.90. The van der Waals surface area contributed by atoms with Crippen molar-refractivity contribution in [2.24, 2.45) is 7.05 Å². The molecule has 5 nitrogen and oxygen atoms in total. The van der Waals surface area contributed by atoms with E-state index in [2.05, 4.69) is 28.5 Å². The molecule has 17 heavy (non-hydrogen) atoms. The fraction of sp³-hybridized carbons (Fsp3) is 0.500. The molecule has 0 fully saturated rings. The van der Waals surface area contributed by atoms with E-state index in [1.54, 1.807) is 0 Å². The number of hydrogen-bond donors (Lipinski definition) is 1. The Morgan fingerprint density at radius 3 is 2.76 bits per heavy atom. The van der Waals surface area contributed by atoms with Crippen molar-refractivity contribution in [1.29, 1.82) is 0 Å². The molecule has 0 aromatic carbocycles. The van der Waals surface area contributed by atoms with Gasteiger partial charge in [0.15, 0.2) is 0 Å². The molecule has 1 N–H and O–H groups in total. The second-order valence-electron chi connectivity index (χ2n) is 4.14. The van der Waals surface area contributed by atoms with Crippen molar-refractivity contribution in [3.63, 3.8) is 0 Å². The summed E-state index contributed by atoms with van der Waals surface area (Å²) in [6.45, 7) is 3.69. The first kappa shape index (κ1) is 11.9. The lowest BCUT2D eigenvalue weighted by Gasteiger charge is -2.01. The molecule has 0 aliphatic rings. The third-order valence-corrected chi connectivity index (χ3v) is 2.77. The highest BCUT2D eigenvalue weighted by molar-refractivity contribution is 5.11. The number of rotatable bonds is 5. The van der Waals surface area contributed by atoms with Gasteiger partial charge in [-0.3, -0.25) is 9.36 Å². The van der Waals surface area contributed by atoms with E-state index in [1.165, 1.54) is 5.69 Å². The Labute approximate surface area is 101 Å². The lowest BCUT2D eigenvalue weighted by Crippen LogP contribution is -2.09. The van der Waals surface area contributed by atoms with Gasteiger partial charge in [0.25, 0.3) is 0 Å². The van der Waals surface area contributed by atoms with Crippen LogP contribution >= 0.6 is 0 Å². The molecule has 2 heterocycles. The minimum atomic E-state index is 0.771. The summed E-state index contributed by atoms with van der Waals surface area (Å²) in [6.07, 6.45) is 2.98. The molecule has 0 aliphatic heterocycles. The van der Waals surface area contributed by atoms with Gasteiger partial charge >= 0.3 is 0 Å². The molecule has 0 atom stereocenters. The standard InChI is InChI=1S/C12H19N5/c1-4-10-7-12(16(3)14-10)9-17-6-5-11(15-17)8-13-2/h5-7,13H,4,8-9H2,1-3H3. The minimum Gasteiger partial charge on any atom is -0.314 e. The Bertz CT molecular complexity index is 483. The first-order chi connectivity index (χ1) is 8.22. The van der Waals surface area contributed by atoms with Crippen LogP contribution in [0.25, 0.3) is 0 Å². The topological polar surface area (TPSA) is 47.7 Å². The lowest BCUT2D eigenvalue weighted by atomic mass is 10.3. The monoisotopic (exact) mass is 233 g/mol. The van der Waals surface area contributed by atoms with Gasteiger partial charge in [0, 0.05) is 19.8 Å². The Hall–Kier alpha value is -1.62. The summed E-state index contributed by atoms with van der Waals surface area (Å²) in [5, 5.41) is 12.0. The van der Waals surface area contributed by atoms with Crippen LogP contribution in [-0.2, 0) is 26.6 Å². The van der Waals surface area contributed by atoms with Crippen LogP contribution in [-0.4, -0.2) is 26.6 Å². The first-order valence-corrected chi connectivity index (χ1v) is 5.91. The number of hydrogen-bond acceptors (Lipinski definition) is 3. The quantitative estimate of drug-likeness (QED) is 0.836. The summed E-state index contributed by atoms with van der Waals surface area (Å²) in [5.74, 6) is 0. The third kappa shape index (κ3) is 2.74. The second-order valence-corrected chi connectivity index (χ2v) is 4.14. The molecule has 5 heteroatoms. The molecule has 0 saturated heterocycles. The molecule has 0 unspecified atom stereocenters. The van der Waals surface area contributed by atoms with Crippen LogP contribution in [0.1, 0.15) is 24.0 Å². The molecule has 0 aliphatic carbocycles. The lowest BCUT2D eigenvalue weighted by molar-refractivity contribution is 0.607. The van der Waals surface area contributed by atoms with Crippen molar-refractivity contribution in [2.45, 2.75) is 26.4 Å². The van der Waals surface area contributed by atoms with E-state index in [1.807, 2.05) is 35.7 Å². The maximum absolute atomic E-state index is 4.48. The smallest absolute Gasteiger partial charge is 0.0828 e. The van der Waals surface area contributed by atoms with Crippen molar-refractivity contribution in [3.8, 4) is 0 Å². The zero-order chi connectivity index (χ0) is 12.3.